The first-order chi connectivity index (χ1) is 14.5. The number of rotatable bonds is 8. The molecule has 3 rings (SSSR count). The van der Waals surface area contributed by atoms with E-state index in [0.717, 1.165) is 39.0 Å². The lowest BCUT2D eigenvalue weighted by Gasteiger charge is -2.32. The van der Waals surface area contributed by atoms with E-state index in [1.165, 1.54) is 29.2 Å². The molecule has 8 nitrogen and oxygen atoms in total. The fraction of sp³-hybridized carbons (Fsp3) is 0.409. The zero-order valence-electron chi connectivity index (χ0n) is 17.6. The molecular formula is C22H30N6O2. The van der Waals surface area contributed by atoms with Gasteiger partial charge in [-0.3, -0.25) is 10.0 Å². The van der Waals surface area contributed by atoms with Gasteiger partial charge in [0.1, 0.15) is 0 Å². The molecule has 1 amide bonds. The Bertz CT molecular complexity index is 862. The number of hydrogen-bond acceptors (Lipinski definition) is 7. The van der Waals surface area contributed by atoms with Crippen molar-refractivity contribution in [1.29, 1.82) is 0 Å². The molecule has 0 aliphatic carbocycles. The maximum absolute atomic E-state index is 11.4. The molecule has 2 heterocycles. The number of hydrogen-bond donors (Lipinski definition) is 3. The number of carbonyl (C=O) groups is 1. The third-order valence-electron chi connectivity index (χ3n) is 5.54. The molecule has 0 spiro atoms. The van der Waals surface area contributed by atoms with Crippen LogP contribution in [0.25, 0.3) is 0 Å². The number of benzene rings is 1. The first kappa shape index (κ1) is 21.7. The predicted molar refractivity (Wildman–Crippen MR) is 118 cm³/mol. The Balaban J connectivity index is 1.48. The van der Waals surface area contributed by atoms with Crippen molar-refractivity contribution >= 4 is 17.5 Å². The van der Waals surface area contributed by atoms with E-state index in [2.05, 4.69) is 51.9 Å². The summed E-state index contributed by atoms with van der Waals surface area (Å²) < 4.78 is 0. The van der Waals surface area contributed by atoms with Crippen LogP contribution in [0.3, 0.4) is 0 Å². The van der Waals surface area contributed by atoms with Gasteiger partial charge in [-0.1, -0.05) is 24.3 Å². The van der Waals surface area contributed by atoms with E-state index in [-0.39, 0.29) is 5.56 Å². The van der Waals surface area contributed by atoms with Crippen LogP contribution in [0.4, 0.5) is 11.6 Å². The van der Waals surface area contributed by atoms with Crippen molar-refractivity contribution in [2.75, 3.05) is 36.5 Å². The standard InChI is InChI=1S/C22H30N6O2/c1-4-27(3)20-6-5-16(2)11-18(20)13-23-12-17-7-9-28(10-8-17)22-24-14-19(15-25-22)21(29)26-30/h4-6,11,14-15,17,23,30H,1,7-10,12-13H2,2-3H3,(H,26,29). The molecule has 0 bridgehead atoms. The SMILES string of the molecule is C=CN(C)c1ccc(C)cc1CNCC1CCN(c2ncc(C(=O)NO)cn2)CC1. The Labute approximate surface area is 177 Å². The Morgan fingerprint density at radius 1 is 1.33 bits per heavy atom. The predicted octanol–water partition coefficient (Wildman–Crippen LogP) is 2.49. The van der Waals surface area contributed by atoms with E-state index in [1.54, 1.807) is 5.48 Å². The largest absolute Gasteiger partial charge is 0.351 e. The second kappa shape index (κ2) is 10.2. The minimum Gasteiger partial charge on any atom is -0.351 e. The van der Waals surface area contributed by atoms with Gasteiger partial charge >= 0.3 is 0 Å². The molecule has 0 atom stereocenters. The molecule has 1 aromatic heterocycles. The first-order valence-electron chi connectivity index (χ1n) is 10.2. The van der Waals surface area contributed by atoms with Gasteiger partial charge in [-0.25, -0.2) is 15.4 Å². The highest BCUT2D eigenvalue weighted by atomic mass is 16.5. The summed E-state index contributed by atoms with van der Waals surface area (Å²) in [5.41, 5.74) is 5.52. The number of anilines is 2. The summed E-state index contributed by atoms with van der Waals surface area (Å²) in [6.07, 6.45) is 6.81. The Kier molecular flexibility index (Phi) is 7.37. The van der Waals surface area contributed by atoms with Crippen LogP contribution in [0.1, 0.15) is 34.3 Å². The summed E-state index contributed by atoms with van der Waals surface area (Å²) in [5, 5.41) is 12.3. The van der Waals surface area contributed by atoms with Crippen LogP contribution in [0, 0.1) is 12.8 Å². The van der Waals surface area contributed by atoms with E-state index >= 15 is 0 Å². The van der Waals surface area contributed by atoms with Gasteiger partial charge in [0, 0.05) is 44.8 Å². The number of nitrogens with one attached hydrogen (secondary N) is 2. The number of hydroxylamine groups is 1. The lowest BCUT2D eigenvalue weighted by molar-refractivity contribution is 0.0705. The molecule has 1 aliphatic heterocycles. The van der Waals surface area contributed by atoms with Gasteiger partial charge in [-0.2, -0.15) is 0 Å². The van der Waals surface area contributed by atoms with Crippen LogP contribution in [-0.2, 0) is 6.54 Å². The third kappa shape index (κ3) is 5.34. The van der Waals surface area contributed by atoms with Crippen molar-refractivity contribution in [2.45, 2.75) is 26.3 Å². The first-order valence-corrected chi connectivity index (χ1v) is 10.2. The summed E-state index contributed by atoms with van der Waals surface area (Å²) in [5.74, 6) is 0.612. The van der Waals surface area contributed by atoms with E-state index in [1.807, 2.05) is 18.1 Å². The minimum absolute atomic E-state index is 0.234. The van der Waals surface area contributed by atoms with Crippen LogP contribution in [-0.4, -0.2) is 47.8 Å². The molecule has 30 heavy (non-hydrogen) atoms. The van der Waals surface area contributed by atoms with E-state index in [9.17, 15) is 4.79 Å². The zero-order valence-corrected chi connectivity index (χ0v) is 17.6. The van der Waals surface area contributed by atoms with Crippen molar-refractivity contribution in [3.63, 3.8) is 0 Å². The fourth-order valence-corrected chi connectivity index (χ4v) is 3.71. The van der Waals surface area contributed by atoms with Crippen LogP contribution in [0.15, 0.2) is 43.4 Å². The van der Waals surface area contributed by atoms with E-state index in [0.29, 0.717) is 11.9 Å². The quantitative estimate of drug-likeness (QED) is 0.455. The molecule has 1 saturated heterocycles. The van der Waals surface area contributed by atoms with E-state index in [4.69, 9.17) is 5.21 Å². The third-order valence-corrected chi connectivity index (χ3v) is 5.54. The second-order valence-electron chi connectivity index (χ2n) is 7.70. The molecule has 1 aromatic carbocycles. The summed E-state index contributed by atoms with van der Waals surface area (Å²) in [4.78, 5) is 24.1. The van der Waals surface area contributed by atoms with Gasteiger partial charge in [0.2, 0.25) is 5.95 Å². The van der Waals surface area contributed by atoms with Crippen molar-refractivity contribution in [1.82, 2.24) is 20.8 Å². The van der Waals surface area contributed by atoms with Gasteiger partial charge in [0.15, 0.2) is 0 Å². The average molecular weight is 411 g/mol. The Morgan fingerprint density at radius 3 is 2.67 bits per heavy atom. The fourth-order valence-electron chi connectivity index (χ4n) is 3.71. The smallest absolute Gasteiger partial charge is 0.277 e. The van der Waals surface area contributed by atoms with Gasteiger partial charge in [-0.05, 0) is 50.1 Å². The van der Waals surface area contributed by atoms with Crippen LogP contribution >= 0.6 is 0 Å². The molecule has 0 saturated carbocycles. The molecule has 3 N–H and O–H groups in total. The summed E-state index contributed by atoms with van der Waals surface area (Å²) in [6.45, 7) is 9.53. The molecule has 160 valence electrons. The van der Waals surface area contributed by atoms with Crippen molar-refractivity contribution in [2.24, 2.45) is 5.92 Å². The number of carbonyl (C=O) groups excluding carboxylic acids is 1. The highest BCUT2D eigenvalue weighted by Crippen LogP contribution is 2.23. The summed E-state index contributed by atoms with van der Waals surface area (Å²) in [7, 11) is 2.02. The molecular weight excluding hydrogens is 380 g/mol. The monoisotopic (exact) mass is 410 g/mol. The highest BCUT2D eigenvalue weighted by molar-refractivity contribution is 5.92. The maximum Gasteiger partial charge on any atom is 0.277 e. The lowest BCUT2D eigenvalue weighted by Crippen LogP contribution is -2.38. The minimum atomic E-state index is -0.609. The molecule has 8 heteroatoms. The van der Waals surface area contributed by atoms with Gasteiger partial charge in [0.05, 0.1) is 5.56 Å². The number of piperidine rings is 1. The number of amides is 1. The highest BCUT2D eigenvalue weighted by Gasteiger charge is 2.21. The van der Waals surface area contributed by atoms with Gasteiger partial charge < -0.3 is 15.1 Å². The molecule has 0 unspecified atom stereocenters. The van der Waals surface area contributed by atoms with Crippen LogP contribution in [0.2, 0.25) is 0 Å². The van der Waals surface area contributed by atoms with Crippen LogP contribution in [0.5, 0.6) is 0 Å². The maximum atomic E-state index is 11.4. The molecule has 1 fully saturated rings. The summed E-state index contributed by atoms with van der Waals surface area (Å²) >= 11 is 0. The molecule has 1 aliphatic rings. The van der Waals surface area contributed by atoms with Crippen molar-refractivity contribution in [3.05, 3.63) is 60.1 Å². The van der Waals surface area contributed by atoms with Crippen molar-refractivity contribution in [3.8, 4) is 0 Å². The number of aryl methyl sites for hydroxylation is 1. The summed E-state index contributed by atoms with van der Waals surface area (Å²) in [6, 6.07) is 6.49. The van der Waals surface area contributed by atoms with Crippen molar-refractivity contribution < 1.29 is 10.0 Å². The average Bonchev–Trinajstić information content (AvgIpc) is 2.79. The van der Waals surface area contributed by atoms with Gasteiger partial charge in [0.25, 0.3) is 5.91 Å². The normalized spacial score (nSPS) is 14.4. The van der Waals surface area contributed by atoms with Crippen LogP contribution < -0.4 is 20.6 Å². The van der Waals surface area contributed by atoms with E-state index < -0.39 is 5.91 Å². The van der Waals surface area contributed by atoms with Gasteiger partial charge in [-0.15, -0.1) is 0 Å². The molecule has 2 aromatic rings. The Morgan fingerprint density at radius 2 is 2.03 bits per heavy atom. The number of nitrogens with zero attached hydrogens (tertiary/aromatic N) is 4. The topological polar surface area (TPSA) is 93.6 Å². The number of aromatic nitrogens is 2. The Hall–Kier alpha value is -2.97. The molecule has 0 radical (unpaired) electrons. The second-order valence-corrected chi connectivity index (χ2v) is 7.70. The zero-order chi connectivity index (χ0) is 21.5. The lowest BCUT2D eigenvalue weighted by atomic mass is 9.97.